The van der Waals surface area contributed by atoms with E-state index in [4.69, 9.17) is 34.8 Å². The number of hydrogen-bond donors (Lipinski definition) is 4. The molecule has 0 rings (SSSR count). The highest BCUT2D eigenvalue weighted by atomic mass is 16.5. The highest BCUT2D eigenvalue weighted by Gasteiger charge is 2.07. The Morgan fingerprint density at radius 2 is 0.865 bits per heavy atom. The number of carboxylic acids is 2. The van der Waals surface area contributed by atoms with Crippen molar-refractivity contribution in [1.29, 1.82) is 0 Å². The van der Waals surface area contributed by atoms with Crippen molar-refractivity contribution < 1.29 is 39.5 Å². The summed E-state index contributed by atoms with van der Waals surface area (Å²) in [7, 11) is 0. The maximum absolute atomic E-state index is 11.4. The predicted molar refractivity (Wildman–Crippen MR) is 149 cm³/mol. The first-order valence-corrected chi connectivity index (χ1v) is 14.5. The molecule has 8 nitrogen and oxygen atoms in total. The van der Waals surface area contributed by atoms with Gasteiger partial charge in [-0.15, -0.1) is 0 Å². The fourth-order valence-electron chi connectivity index (χ4n) is 3.66. The molecule has 0 amide bonds. The minimum Gasteiger partial charge on any atom is -0.481 e. The van der Waals surface area contributed by atoms with Gasteiger partial charge in [-0.05, 0) is 6.42 Å². The molecule has 0 radical (unpaired) electrons. The Hall–Kier alpha value is -1.67. The number of esters is 1. The van der Waals surface area contributed by atoms with Crippen molar-refractivity contribution in [3.05, 3.63) is 0 Å². The predicted octanol–water partition coefficient (Wildman–Crippen LogP) is 6.89. The molecule has 0 aromatic rings. The van der Waals surface area contributed by atoms with Gasteiger partial charge in [0.25, 0.3) is 11.9 Å². The summed E-state index contributed by atoms with van der Waals surface area (Å²) in [6, 6.07) is 0. The second-order valence-electron chi connectivity index (χ2n) is 9.67. The number of aliphatic carboxylic acids is 2. The molecule has 0 saturated carbocycles. The fraction of sp³-hybridized carbons (Fsp3) is 0.897. The lowest BCUT2D eigenvalue weighted by molar-refractivity contribution is -0.147. The smallest absolute Gasteiger partial charge is 0.305 e. The minimum atomic E-state index is -0.955. The normalized spacial score (nSPS) is 10.9. The Balaban J connectivity index is -0.00000125. The van der Waals surface area contributed by atoms with Crippen LogP contribution in [0.5, 0.6) is 0 Å². The number of ether oxygens (including phenoxy) is 1. The minimum absolute atomic E-state index is 0.103. The summed E-state index contributed by atoms with van der Waals surface area (Å²) in [4.78, 5) is 29.4. The molecule has 1 unspecified atom stereocenters. The molecule has 37 heavy (non-hydrogen) atoms. The summed E-state index contributed by atoms with van der Waals surface area (Å²) in [5.74, 6) is -1.94. The second kappa shape index (κ2) is 34.3. The van der Waals surface area contributed by atoms with E-state index >= 15 is 0 Å². The van der Waals surface area contributed by atoms with E-state index in [-0.39, 0.29) is 19.2 Å². The first kappa shape index (κ1) is 39.8. The van der Waals surface area contributed by atoms with Gasteiger partial charge in [-0.25, -0.2) is 0 Å². The van der Waals surface area contributed by atoms with Gasteiger partial charge in [0.15, 0.2) is 0 Å². The number of carbonyl (C=O) groups is 3. The quantitative estimate of drug-likeness (QED) is 0.0820. The van der Waals surface area contributed by atoms with Crippen LogP contribution in [0, 0.1) is 0 Å². The second-order valence-corrected chi connectivity index (χ2v) is 9.67. The zero-order valence-electron chi connectivity index (χ0n) is 24.1. The average molecular weight is 535 g/mol. The van der Waals surface area contributed by atoms with Crippen LogP contribution in [0.2, 0.25) is 0 Å². The molecule has 8 heteroatoms. The average Bonchev–Trinajstić information content (AvgIpc) is 2.83. The van der Waals surface area contributed by atoms with Gasteiger partial charge in [-0.3, -0.25) is 14.4 Å². The molecule has 0 saturated heterocycles. The zero-order chi connectivity index (χ0) is 28.6. The zero-order valence-corrected chi connectivity index (χ0v) is 24.1. The van der Waals surface area contributed by atoms with E-state index in [0.29, 0.717) is 6.42 Å². The van der Waals surface area contributed by atoms with E-state index in [1.165, 1.54) is 109 Å². The number of rotatable bonds is 23. The first-order chi connectivity index (χ1) is 17.7. The third kappa shape index (κ3) is 51.8. The summed E-state index contributed by atoms with van der Waals surface area (Å²) in [5, 5.41) is 32.6. The summed E-state index contributed by atoms with van der Waals surface area (Å²) >= 11 is 0. The monoisotopic (exact) mass is 534 g/mol. The molecule has 222 valence electrons. The standard InChI is InChI=1S/C25H50O4.2C2H4O2/c1-2-3-4-5-6-7-8-9-10-11-12-13-14-15-16-17-18-19-20-21-25(28)29-23-24(27)22-26;2*1-2(3)4/h24,26-27H,2-23H2,1H3;2*1H3,(H,3,4). The van der Waals surface area contributed by atoms with Crippen LogP contribution in [0.4, 0.5) is 0 Å². The lowest BCUT2D eigenvalue weighted by Gasteiger charge is -2.08. The van der Waals surface area contributed by atoms with E-state index in [9.17, 15) is 4.79 Å². The van der Waals surface area contributed by atoms with Gasteiger partial charge in [0.1, 0.15) is 12.7 Å². The molecule has 0 heterocycles. The van der Waals surface area contributed by atoms with Gasteiger partial charge >= 0.3 is 5.97 Å². The Labute approximate surface area is 226 Å². The summed E-state index contributed by atoms with van der Waals surface area (Å²) in [5.41, 5.74) is 0. The van der Waals surface area contributed by atoms with Crippen LogP contribution in [0.3, 0.4) is 0 Å². The largest absolute Gasteiger partial charge is 0.481 e. The maximum Gasteiger partial charge on any atom is 0.305 e. The van der Waals surface area contributed by atoms with Gasteiger partial charge in [0, 0.05) is 20.3 Å². The number of carbonyl (C=O) groups excluding carboxylic acids is 1. The molecule has 0 aliphatic carbocycles. The van der Waals surface area contributed by atoms with Crippen molar-refractivity contribution in [2.24, 2.45) is 0 Å². The molecule has 0 aromatic heterocycles. The van der Waals surface area contributed by atoms with Crippen molar-refractivity contribution in [3.8, 4) is 0 Å². The van der Waals surface area contributed by atoms with Crippen LogP contribution in [-0.4, -0.2) is 57.7 Å². The topological polar surface area (TPSA) is 141 Å². The van der Waals surface area contributed by atoms with Crippen molar-refractivity contribution >= 4 is 17.9 Å². The number of carboxylic acid groups (broad SMARTS) is 2. The van der Waals surface area contributed by atoms with Crippen molar-refractivity contribution in [1.82, 2.24) is 0 Å². The van der Waals surface area contributed by atoms with Gasteiger partial charge in [0.05, 0.1) is 6.61 Å². The lowest BCUT2D eigenvalue weighted by Crippen LogP contribution is -2.21. The van der Waals surface area contributed by atoms with Crippen LogP contribution in [0.15, 0.2) is 0 Å². The van der Waals surface area contributed by atoms with Gasteiger partial charge in [-0.1, -0.05) is 122 Å². The Morgan fingerprint density at radius 3 is 1.14 bits per heavy atom. The molecule has 4 N–H and O–H groups in total. The fourth-order valence-corrected chi connectivity index (χ4v) is 3.66. The van der Waals surface area contributed by atoms with Crippen LogP contribution in [-0.2, 0) is 19.1 Å². The molecular formula is C29H58O8. The van der Waals surface area contributed by atoms with Crippen LogP contribution in [0.25, 0.3) is 0 Å². The van der Waals surface area contributed by atoms with Crippen molar-refractivity contribution in [2.45, 2.75) is 155 Å². The van der Waals surface area contributed by atoms with Crippen LogP contribution < -0.4 is 0 Å². The van der Waals surface area contributed by atoms with E-state index in [1.807, 2.05) is 0 Å². The van der Waals surface area contributed by atoms with E-state index in [0.717, 1.165) is 26.7 Å². The molecule has 0 aliphatic rings. The molecule has 0 aliphatic heterocycles. The van der Waals surface area contributed by atoms with Crippen molar-refractivity contribution in [2.75, 3.05) is 13.2 Å². The Bertz CT molecular complexity index is 476. The number of hydrogen-bond acceptors (Lipinski definition) is 6. The van der Waals surface area contributed by atoms with Crippen molar-refractivity contribution in [3.63, 3.8) is 0 Å². The Kier molecular flexibility index (Phi) is 37.0. The van der Waals surface area contributed by atoms with Gasteiger partial charge in [0.2, 0.25) is 0 Å². The van der Waals surface area contributed by atoms with Gasteiger partial charge < -0.3 is 25.2 Å². The maximum atomic E-state index is 11.4. The summed E-state index contributed by atoms with van der Waals surface area (Å²) in [6.07, 6.45) is 24.9. The molecule has 0 spiro atoms. The first-order valence-electron chi connectivity index (χ1n) is 14.5. The molecular weight excluding hydrogens is 476 g/mol. The third-order valence-electron chi connectivity index (χ3n) is 5.63. The van der Waals surface area contributed by atoms with E-state index < -0.39 is 18.0 Å². The number of aliphatic hydroxyl groups is 2. The third-order valence-corrected chi connectivity index (χ3v) is 5.63. The molecule has 0 aromatic carbocycles. The molecule has 1 atom stereocenters. The Morgan fingerprint density at radius 1 is 0.595 bits per heavy atom. The van der Waals surface area contributed by atoms with Gasteiger partial charge in [-0.2, -0.15) is 0 Å². The molecule has 0 bridgehead atoms. The lowest BCUT2D eigenvalue weighted by atomic mass is 10.0. The van der Waals surface area contributed by atoms with Crippen LogP contribution >= 0.6 is 0 Å². The van der Waals surface area contributed by atoms with E-state index in [2.05, 4.69) is 6.92 Å². The number of unbranched alkanes of at least 4 members (excludes halogenated alkanes) is 18. The SMILES string of the molecule is CC(=O)O.CC(=O)O.CCCCCCCCCCCCCCCCCCCCCC(=O)OCC(O)CO. The van der Waals surface area contributed by atoms with E-state index in [1.54, 1.807) is 0 Å². The summed E-state index contributed by atoms with van der Waals surface area (Å²) < 4.78 is 4.88. The van der Waals surface area contributed by atoms with Crippen LogP contribution in [0.1, 0.15) is 149 Å². The highest BCUT2D eigenvalue weighted by Crippen LogP contribution is 2.14. The highest BCUT2D eigenvalue weighted by molar-refractivity contribution is 5.69. The summed E-state index contributed by atoms with van der Waals surface area (Å²) in [6.45, 7) is 3.97. The molecule has 0 fully saturated rings. The number of aliphatic hydroxyl groups excluding tert-OH is 2.